The summed E-state index contributed by atoms with van der Waals surface area (Å²) in [5.41, 5.74) is 9.52. The lowest BCUT2D eigenvalue weighted by Crippen LogP contribution is -2.36. The molecule has 1 aliphatic rings. The Morgan fingerprint density at radius 1 is 1.00 bits per heavy atom. The lowest BCUT2D eigenvalue weighted by atomic mass is 9.95. The van der Waals surface area contributed by atoms with Crippen LogP contribution >= 0.6 is 0 Å². The molecule has 5 rings (SSSR count). The summed E-state index contributed by atoms with van der Waals surface area (Å²) in [6.45, 7) is 7.27. The van der Waals surface area contributed by atoms with E-state index >= 15 is 0 Å². The van der Waals surface area contributed by atoms with E-state index in [0.29, 0.717) is 24.7 Å². The van der Waals surface area contributed by atoms with E-state index < -0.39 is 0 Å². The van der Waals surface area contributed by atoms with Gasteiger partial charge in [-0.05, 0) is 16.0 Å². The minimum Gasteiger partial charge on any atom is -0.298 e. The van der Waals surface area contributed by atoms with Gasteiger partial charge in [-0.15, -0.1) is 15.7 Å². The molecule has 12 nitrogen and oxygen atoms in total. The minimum atomic E-state index is -0.262. The van der Waals surface area contributed by atoms with Gasteiger partial charge < -0.3 is 0 Å². The quantitative estimate of drug-likeness (QED) is 0.478. The maximum Gasteiger partial charge on any atom is 0.173 e. The molecule has 0 spiro atoms. The number of nitrogens with zero attached hydrogens (tertiary/aromatic N) is 10. The van der Waals surface area contributed by atoms with Gasteiger partial charge in [-0.3, -0.25) is 10.4 Å². The Balaban J connectivity index is 1.58. The highest BCUT2D eigenvalue weighted by Crippen LogP contribution is 2.38. The van der Waals surface area contributed by atoms with Crippen LogP contribution in [0.1, 0.15) is 38.0 Å². The summed E-state index contributed by atoms with van der Waals surface area (Å²) in [4.78, 5) is 9.79. The topological polar surface area (TPSA) is 127 Å². The number of hydrazine groups is 2. The van der Waals surface area contributed by atoms with Crippen molar-refractivity contribution in [1.29, 1.82) is 0 Å². The highest BCUT2D eigenvalue weighted by atomic mass is 15.7. The number of fused-ring (bicyclic) bond motifs is 1. The second-order valence-corrected chi connectivity index (χ2v) is 8.65. The summed E-state index contributed by atoms with van der Waals surface area (Å²) in [5.74, 6) is 2.13. The number of rotatable bonds is 5. The van der Waals surface area contributed by atoms with Crippen molar-refractivity contribution in [3.8, 4) is 11.4 Å². The molecule has 0 saturated heterocycles. The van der Waals surface area contributed by atoms with Gasteiger partial charge in [0.2, 0.25) is 0 Å². The van der Waals surface area contributed by atoms with Crippen molar-refractivity contribution in [3.05, 3.63) is 53.7 Å². The number of hydrogen-bond acceptors (Lipinski definition) is 10. The van der Waals surface area contributed by atoms with Gasteiger partial charge in [-0.2, -0.15) is 0 Å². The maximum atomic E-state index is 4.92. The van der Waals surface area contributed by atoms with Crippen molar-refractivity contribution in [2.24, 2.45) is 7.05 Å². The standard InChI is InChI=1S/C20H24N12/c1-20(2,3)19-22-16(14-10-21-27-31(14)11-13-8-6-5-7-9-13)17-18(23-19)32(28-25-17)12-15-24-26-29-30(15)4/h5-10,25,28H,11-12H2,1-4H3. The van der Waals surface area contributed by atoms with Crippen LogP contribution in [0.15, 0.2) is 36.5 Å². The molecule has 0 atom stereocenters. The molecular formula is C20H24N12. The van der Waals surface area contributed by atoms with Crippen molar-refractivity contribution in [2.45, 2.75) is 39.3 Å². The lowest BCUT2D eigenvalue weighted by molar-refractivity contribution is 0.543. The number of aryl methyl sites for hydroxylation is 1. The number of nitrogens with one attached hydrogen (secondary N) is 2. The van der Waals surface area contributed by atoms with Crippen molar-refractivity contribution in [3.63, 3.8) is 0 Å². The van der Waals surface area contributed by atoms with Gasteiger partial charge in [-0.25, -0.2) is 19.3 Å². The van der Waals surface area contributed by atoms with Crippen molar-refractivity contribution in [2.75, 3.05) is 10.4 Å². The van der Waals surface area contributed by atoms with Crippen LogP contribution in [0.5, 0.6) is 0 Å². The molecule has 1 aliphatic heterocycles. The van der Waals surface area contributed by atoms with Gasteiger partial charge in [0.15, 0.2) is 11.6 Å². The van der Waals surface area contributed by atoms with Gasteiger partial charge in [0.25, 0.3) is 0 Å². The van der Waals surface area contributed by atoms with Gasteiger partial charge in [0.05, 0.1) is 19.3 Å². The van der Waals surface area contributed by atoms with E-state index in [2.05, 4.69) is 69.7 Å². The fraction of sp³-hybridized carbons (Fsp3) is 0.350. The molecule has 0 saturated carbocycles. The number of aromatic nitrogens is 9. The summed E-state index contributed by atoms with van der Waals surface area (Å²) < 4.78 is 3.48. The Hall–Kier alpha value is -3.93. The summed E-state index contributed by atoms with van der Waals surface area (Å²) in [7, 11) is 1.81. The Morgan fingerprint density at radius 2 is 1.81 bits per heavy atom. The van der Waals surface area contributed by atoms with E-state index in [1.54, 1.807) is 17.9 Å². The van der Waals surface area contributed by atoms with E-state index in [1.165, 1.54) is 0 Å². The van der Waals surface area contributed by atoms with Crippen LogP contribution in [0.4, 0.5) is 11.5 Å². The Bertz CT molecular complexity index is 1240. The predicted octanol–water partition coefficient (Wildman–Crippen LogP) is 1.46. The van der Waals surface area contributed by atoms with Gasteiger partial charge in [0, 0.05) is 12.5 Å². The summed E-state index contributed by atoms with van der Waals surface area (Å²) in [6, 6.07) is 10.1. The molecule has 4 heterocycles. The zero-order chi connectivity index (χ0) is 22.3. The zero-order valence-corrected chi connectivity index (χ0v) is 18.4. The zero-order valence-electron chi connectivity index (χ0n) is 18.4. The molecule has 0 fully saturated rings. The number of tetrazole rings is 1. The van der Waals surface area contributed by atoms with E-state index in [1.807, 2.05) is 27.9 Å². The third-order valence-electron chi connectivity index (χ3n) is 5.18. The first-order valence-electron chi connectivity index (χ1n) is 10.3. The molecule has 0 bridgehead atoms. The van der Waals surface area contributed by atoms with Crippen LogP contribution < -0.4 is 16.0 Å². The number of anilines is 2. The summed E-state index contributed by atoms with van der Waals surface area (Å²) in [6.07, 6.45) is 1.73. The lowest BCUT2D eigenvalue weighted by Gasteiger charge is -2.21. The van der Waals surface area contributed by atoms with Crippen molar-refractivity contribution < 1.29 is 0 Å². The average molecular weight is 432 g/mol. The normalized spacial score (nSPS) is 13.3. The smallest absolute Gasteiger partial charge is 0.173 e. The molecule has 32 heavy (non-hydrogen) atoms. The van der Waals surface area contributed by atoms with E-state index in [-0.39, 0.29) is 5.41 Å². The van der Waals surface area contributed by atoms with Crippen molar-refractivity contribution >= 4 is 11.5 Å². The van der Waals surface area contributed by atoms with Gasteiger partial charge in [-0.1, -0.05) is 56.3 Å². The van der Waals surface area contributed by atoms with E-state index in [4.69, 9.17) is 9.97 Å². The largest absolute Gasteiger partial charge is 0.298 e. The highest BCUT2D eigenvalue weighted by Gasteiger charge is 2.31. The second kappa shape index (κ2) is 7.64. The highest BCUT2D eigenvalue weighted by molar-refractivity contribution is 5.83. The Labute approximate surface area is 184 Å². The molecule has 3 aromatic heterocycles. The third kappa shape index (κ3) is 3.64. The molecule has 164 valence electrons. The third-order valence-corrected chi connectivity index (χ3v) is 5.18. The number of benzene rings is 1. The maximum absolute atomic E-state index is 4.92. The van der Waals surface area contributed by atoms with Crippen LogP contribution in [0.2, 0.25) is 0 Å². The minimum absolute atomic E-state index is 0.262. The molecule has 4 aromatic rings. The van der Waals surface area contributed by atoms with Crippen LogP contribution in [0, 0.1) is 0 Å². The van der Waals surface area contributed by atoms with Crippen molar-refractivity contribution in [1.82, 2.24) is 50.7 Å². The monoisotopic (exact) mass is 432 g/mol. The molecule has 12 heteroatoms. The first-order valence-corrected chi connectivity index (χ1v) is 10.3. The molecule has 0 amide bonds. The van der Waals surface area contributed by atoms with Crippen LogP contribution in [0.3, 0.4) is 0 Å². The molecular weight excluding hydrogens is 408 g/mol. The number of hydrogen-bond donors (Lipinski definition) is 2. The van der Waals surface area contributed by atoms with E-state index in [9.17, 15) is 0 Å². The summed E-state index contributed by atoms with van der Waals surface area (Å²) >= 11 is 0. The SMILES string of the molecule is Cn1nnnc1CN1NNc2c(-c3cnnn3Cc3ccccc3)nc(C(C)(C)C)nc21. The summed E-state index contributed by atoms with van der Waals surface area (Å²) in [5, 5.41) is 22.1. The molecule has 0 aliphatic carbocycles. The van der Waals surface area contributed by atoms with Gasteiger partial charge >= 0.3 is 0 Å². The van der Waals surface area contributed by atoms with Gasteiger partial charge in [0.1, 0.15) is 22.9 Å². The van der Waals surface area contributed by atoms with E-state index in [0.717, 1.165) is 28.5 Å². The Kier molecular flexibility index (Phi) is 4.78. The van der Waals surface area contributed by atoms with Crippen LogP contribution in [-0.4, -0.2) is 45.2 Å². The average Bonchev–Trinajstić information content (AvgIpc) is 3.49. The first-order chi connectivity index (χ1) is 15.4. The molecule has 0 unspecified atom stereocenters. The molecule has 2 N–H and O–H groups in total. The fourth-order valence-corrected chi connectivity index (χ4v) is 3.41. The van der Waals surface area contributed by atoms with Crippen LogP contribution in [-0.2, 0) is 25.6 Å². The predicted molar refractivity (Wildman–Crippen MR) is 117 cm³/mol. The Morgan fingerprint density at radius 3 is 2.53 bits per heavy atom. The molecule has 1 aromatic carbocycles. The second-order valence-electron chi connectivity index (χ2n) is 8.65. The molecule has 0 radical (unpaired) electrons. The first kappa shape index (κ1) is 20.0. The van der Waals surface area contributed by atoms with Crippen LogP contribution in [0.25, 0.3) is 11.4 Å². The fourth-order valence-electron chi connectivity index (χ4n) is 3.41.